The van der Waals surface area contributed by atoms with E-state index in [-0.39, 0.29) is 37.2 Å². The molecule has 0 radical (unpaired) electrons. The van der Waals surface area contributed by atoms with Gasteiger partial charge >= 0.3 is 12.1 Å². The molecule has 0 fully saturated rings. The van der Waals surface area contributed by atoms with Crippen LogP contribution in [0.25, 0.3) is 0 Å². The van der Waals surface area contributed by atoms with Crippen LogP contribution >= 0.6 is 22.6 Å². The number of cyclic esters (lactones) is 1. The van der Waals surface area contributed by atoms with Crippen molar-refractivity contribution in [3.05, 3.63) is 47.1 Å². The number of allylic oxidation sites excluding steroid dienone is 1. The van der Waals surface area contributed by atoms with Crippen LogP contribution in [0.5, 0.6) is 0 Å². The lowest BCUT2D eigenvalue weighted by Crippen LogP contribution is -2.58. The van der Waals surface area contributed by atoms with Crippen LogP contribution < -0.4 is 5.32 Å². The van der Waals surface area contributed by atoms with E-state index in [1.807, 2.05) is 18.2 Å². The summed E-state index contributed by atoms with van der Waals surface area (Å²) in [5, 5.41) is 2.87. The third-order valence-corrected chi connectivity index (χ3v) is 18.8. The Hall–Kier alpha value is -1.55. The molecule has 0 spiro atoms. The smallest absolute Gasteiger partial charge is 0.407 e. The Morgan fingerprint density at radius 1 is 1.07 bits per heavy atom. The fourth-order valence-corrected chi connectivity index (χ4v) is 12.1. The molecule has 8 nitrogen and oxygen atoms in total. The predicted molar refractivity (Wildman–Crippen MR) is 192 cm³/mol. The Bertz CT molecular complexity index is 994. The molecule has 0 aromatic rings. The molecule has 0 saturated carbocycles. The highest BCUT2D eigenvalue weighted by molar-refractivity contribution is 14.1. The van der Waals surface area contributed by atoms with Crippen molar-refractivity contribution < 1.29 is 32.7 Å². The van der Waals surface area contributed by atoms with Crippen LogP contribution in [0.2, 0.25) is 36.3 Å². The molecule has 0 bridgehead atoms. The largest absolute Gasteiger partial charge is 0.454 e. The first-order valence-electron chi connectivity index (χ1n) is 16.3. The van der Waals surface area contributed by atoms with E-state index in [0.29, 0.717) is 6.42 Å². The summed E-state index contributed by atoms with van der Waals surface area (Å²) in [5.74, 6) is -0.422. The Labute approximate surface area is 281 Å². The summed E-state index contributed by atoms with van der Waals surface area (Å²) in [6, 6.07) is 5.36. The molecular weight excluding hydrogens is 705 g/mol. The molecule has 44 heavy (non-hydrogen) atoms. The highest BCUT2D eigenvalue weighted by Crippen LogP contribution is 2.39. The van der Waals surface area contributed by atoms with E-state index < -0.39 is 40.5 Å². The second-order valence-electron chi connectivity index (χ2n) is 11.4. The first kappa shape index (κ1) is 40.5. The Morgan fingerprint density at radius 2 is 1.68 bits per heavy atom. The van der Waals surface area contributed by atoms with E-state index in [9.17, 15) is 14.4 Å². The maximum atomic E-state index is 13.4. The van der Waals surface area contributed by atoms with Crippen molar-refractivity contribution >= 4 is 57.1 Å². The number of rotatable bonds is 22. The molecule has 11 heteroatoms. The molecule has 1 N–H and O–H groups in total. The van der Waals surface area contributed by atoms with Crippen molar-refractivity contribution in [2.24, 2.45) is 5.92 Å². The average molecular weight is 762 g/mol. The fraction of sp³-hybridized carbons (Fsp3) is 0.667. The number of esters is 1. The standard InChI is InChI=1S/C33H56INO7Si2/c1-9-25-39-32(38)35-24-22-33(42-44(14-6,15-7)16-8,21-19-29-27(10-2)17-18-31(37)40-29)30(26-28(36)20-23-34)41-43(11-3,12-4)13-5/h9,17-21,23,27,29-30H,1,10-16,22,24-26H2,2-8H3,(H,35,38)/b21-19+,23-20-/t27-,29-,30+,33-/m0/s1. The Morgan fingerprint density at radius 3 is 2.20 bits per heavy atom. The normalized spacial score (nSPS) is 19.5. The van der Waals surface area contributed by atoms with Gasteiger partial charge in [-0.25, -0.2) is 9.59 Å². The van der Waals surface area contributed by atoms with Gasteiger partial charge in [0.2, 0.25) is 0 Å². The highest BCUT2D eigenvalue weighted by atomic mass is 127. The van der Waals surface area contributed by atoms with Gasteiger partial charge in [-0.15, -0.1) is 0 Å². The molecule has 1 rings (SSSR count). The van der Waals surface area contributed by atoms with Gasteiger partial charge in [-0.2, -0.15) is 0 Å². The van der Waals surface area contributed by atoms with Crippen LogP contribution in [0, 0.1) is 5.92 Å². The van der Waals surface area contributed by atoms with Crippen LogP contribution in [-0.2, 0) is 27.9 Å². The molecule has 0 unspecified atom stereocenters. The minimum Gasteiger partial charge on any atom is -0.454 e. The molecular formula is C33H56INO7Si2. The summed E-state index contributed by atoms with van der Waals surface area (Å²) in [6.45, 7) is 19.0. The average Bonchev–Trinajstić information content (AvgIpc) is 3.03. The van der Waals surface area contributed by atoms with Crippen molar-refractivity contribution in [2.75, 3.05) is 13.2 Å². The summed E-state index contributed by atoms with van der Waals surface area (Å²) in [5.41, 5.74) is -1.07. The minimum absolute atomic E-state index is 0.0116. The van der Waals surface area contributed by atoms with Gasteiger partial charge in [0.15, 0.2) is 22.4 Å². The number of nitrogens with one attached hydrogen (secondary N) is 1. The molecule has 0 saturated heterocycles. The lowest BCUT2D eigenvalue weighted by atomic mass is 9.87. The van der Waals surface area contributed by atoms with Crippen molar-refractivity contribution in [2.45, 2.75) is 122 Å². The number of halogens is 1. The minimum atomic E-state index is -2.34. The molecule has 4 atom stereocenters. The van der Waals surface area contributed by atoms with Gasteiger partial charge in [-0.3, -0.25) is 4.79 Å². The first-order chi connectivity index (χ1) is 21.0. The number of hydrogen-bond acceptors (Lipinski definition) is 7. The third-order valence-electron chi connectivity index (χ3n) is 9.16. The topological polar surface area (TPSA) is 100 Å². The third kappa shape index (κ3) is 12.0. The Kier molecular flexibility index (Phi) is 18.9. The van der Waals surface area contributed by atoms with E-state index >= 15 is 0 Å². The van der Waals surface area contributed by atoms with Crippen molar-refractivity contribution in [1.29, 1.82) is 0 Å². The van der Waals surface area contributed by atoms with Crippen LogP contribution in [0.3, 0.4) is 0 Å². The first-order valence-corrected chi connectivity index (χ1v) is 22.6. The van der Waals surface area contributed by atoms with E-state index in [4.69, 9.17) is 18.3 Å². The van der Waals surface area contributed by atoms with Crippen molar-refractivity contribution in [3.8, 4) is 0 Å². The number of carbonyl (C=O) groups is 3. The number of carbonyl (C=O) groups excluding carboxylic acids is 3. The molecule has 1 aliphatic heterocycles. The molecule has 0 aromatic carbocycles. The summed E-state index contributed by atoms with van der Waals surface area (Å²) >= 11 is 2.06. The SMILES string of the molecule is C=CCOC(=O)NCC[C@](/C=C/[C@@H]1OC(=O)C=C[C@@H]1CC)(O[Si](CC)(CC)CC)[C@@H](CC(=O)/C=C\I)O[Si](CC)(CC)CC. The Balaban J connectivity index is 3.94. The zero-order valence-corrected chi connectivity index (χ0v) is 32.2. The number of ketones is 1. The maximum absolute atomic E-state index is 13.4. The molecule has 0 aromatic heterocycles. The van der Waals surface area contributed by atoms with Gasteiger partial charge in [0.25, 0.3) is 0 Å². The van der Waals surface area contributed by atoms with Gasteiger partial charge < -0.3 is 23.6 Å². The van der Waals surface area contributed by atoms with Gasteiger partial charge in [-0.1, -0.05) is 95.9 Å². The summed E-state index contributed by atoms with van der Waals surface area (Å²) in [4.78, 5) is 38.2. The van der Waals surface area contributed by atoms with E-state index in [0.717, 1.165) is 42.7 Å². The van der Waals surface area contributed by atoms with E-state index in [1.54, 1.807) is 10.2 Å². The van der Waals surface area contributed by atoms with Crippen LogP contribution in [0.4, 0.5) is 4.79 Å². The van der Waals surface area contributed by atoms with Crippen LogP contribution in [-0.4, -0.2) is 65.4 Å². The number of hydrogen-bond donors (Lipinski definition) is 1. The molecule has 1 amide bonds. The molecule has 1 heterocycles. The van der Waals surface area contributed by atoms with Crippen LogP contribution in [0.1, 0.15) is 67.7 Å². The predicted octanol–water partition coefficient (Wildman–Crippen LogP) is 8.41. The van der Waals surface area contributed by atoms with Gasteiger partial charge in [0.05, 0.1) is 6.10 Å². The molecule has 1 aliphatic rings. The maximum Gasteiger partial charge on any atom is 0.407 e. The van der Waals surface area contributed by atoms with E-state index in [1.165, 1.54) is 12.2 Å². The fourth-order valence-electron chi connectivity index (χ4n) is 5.74. The number of amides is 1. The highest BCUT2D eigenvalue weighted by Gasteiger charge is 2.48. The van der Waals surface area contributed by atoms with Gasteiger partial charge in [0.1, 0.15) is 18.3 Å². The summed E-state index contributed by atoms with van der Waals surface area (Å²) in [7, 11) is -4.60. The number of alkyl carbamates (subject to hydrolysis) is 1. The lowest BCUT2D eigenvalue weighted by Gasteiger charge is -2.48. The monoisotopic (exact) mass is 761 g/mol. The molecule has 250 valence electrons. The lowest BCUT2D eigenvalue weighted by molar-refractivity contribution is -0.143. The zero-order valence-electron chi connectivity index (χ0n) is 28.0. The quantitative estimate of drug-likeness (QED) is 0.0389. The molecule has 0 aliphatic carbocycles. The van der Waals surface area contributed by atoms with Gasteiger partial charge in [-0.05, 0) is 65.3 Å². The van der Waals surface area contributed by atoms with E-state index in [2.05, 4.69) is 83.0 Å². The second-order valence-corrected chi connectivity index (χ2v) is 21.5. The van der Waals surface area contributed by atoms with Crippen LogP contribution in [0.15, 0.2) is 47.1 Å². The summed E-state index contributed by atoms with van der Waals surface area (Å²) < 4.78 is 27.4. The summed E-state index contributed by atoms with van der Waals surface area (Å²) in [6.07, 6.45) is 10.0. The van der Waals surface area contributed by atoms with Gasteiger partial charge in [0, 0.05) is 25.0 Å². The van der Waals surface area contributed by atoms with Crippen molar-refractivity contribution in [1.82, 2.24) is 5.32 Å². The number of ether oxygens (including phenoxy) is 2. The van der Waals surface area contributed by atoms with Crippen molar-refractivity contribution in [3.63, 3.8) is 0 Å². The second kappa shape index (κ2) is 20.6. The zero-order chi connectivity index (χ0) is 33.2.